The van der Waals surface area contributed by atoms with Gasteiger partial charge in [0.15, 0.2) is 5.58 Å². The lowest BCUT2D eigenvalue weighted by Crippen LogP contribution is -2.17. The second-order valence-electron chi connectivity index (χ2n) is 4.40. The van der Waals surface area contributed by atoms with Crippen molar-refractivity contribution < 1.29 is 19.1 Å². The second-order valence-corrected chi connectivity index (χ2v) is 5.65. The van der Waals surface area contributed by atoms with Gasteiger partial charge in [0.05, 0.1) is 5.56 Å². The Kier molecular flexibility index (Phi) is 3.44. The Morgan fingerprint density at radius 1 is 1.37 bits per heavy atom. The molecule has 0 unspecified atom stereocenters. The Balaban J connectivity index is 1.82. The average molecular weight is 279 g/mol. The molecule has 0 atom stereocenters. The van der Waals surface area contributed by atoms with E-state index in [1.54, 1.807) is 17.8 Å². The van der Waals surface area contributed by atoms with Gasteiger partial charge >= 0.3 is 5.97 Å². The number of hydrogen-bond acceptors (Lipinski definition) is 5. The van der Waals surface area contributed by atoms with Gasteiger partial charge in [-0.15, -0.1) is 0 Å². The van der Waals surface area contributed by atoms with Gasteiger partial charge in [-0.3, -0.25) is 0 Å². The van der Waals surface area contributed by atoms with Gasteiger partial charge in [0.1, 0.15) is 5.52 Å². The van der Waals surface area contributed by atoms with Gasteiger partial charge in [-0.1, -0.05) is 11.8 Å². The van der Waals surface area contributed by atoms with E-state index in [1.807, 2.05) is 0 Å². The minimum atomic E-state index is -0.961. The van der Waals surface area contributed by atoms with Crippen LogP contribution < -0.4 is 0 Å². The maximum Gasteiger partial charge on any atom is 0.335 e. The minimum Gasteiger partial charge on any atom is -0.478 e. The summed E-state index contributed by atoms with van der Waals surface area (Å²) in [6, 6.07) is 4.73. The zero-order chi connectivity index (χ0) is 13.2. The maximum absolute atomic E-state index is 10.9. The number of ether oxygens (including phenoxy) is 1. The van der Waals surface area contributed by atoms with Crippen LogP contribution in [-0.4, -0.2) is 34.5 Å². The number of hydrogen-bond donors (Lipinski definition) is 1. The first-order chi connectivity index (χ1) is 9.22. The number of aromatic nitrogens is 1. The number of oxazole rings is 1. The monoisotopic (exact) mass is 279 g/mol. The van der Waals surface area contributed by atoms with E-state index in [2.05, 4.69) is 4.98 Å². The number of benzene rings is 1. The molecule has 2 heterocycles. The highest BCUT2D eigenvalue weighted by atomic mass is 32.2. The molecule has 2 aromatic rings. The lowest BCUT2D eigenvalue weighted by molar-refractivity contribution is 0.0697. The molecule has 0 aliphatic carbocycles. The highest BCUT2D eigenvalue weighted by Crippen LogP contribution is 2.31. The van der Waals surface area contributed by atoms with Gasteiger partial charge in [0, 0.05) is 18.5 Å². The fraction of sp³-hybridized carbons (Fsp3) is 0.385. The molecule has 1 aromatic heterocycles. The number of carbonyl (C=O) groups is 1. The number of rotatable bonds is 3. The number of thioether (sulfide) groups is 1. The average Bonchev–Trinajstić information content (AvgIpc) is 2.80. The molecule has 0 radical (unpaired) electrons. The minimum absolute atomic E-state index is 0.214. The summed E-state index contributed by atoms with van der Waals surface area (Å²) in [5.41, 5.74) is 1.43. The van der Waals surface area contributed by atoms with Crippen LogP contribution in [0.2, 0.25) is 0 Å². The van der Waals surface area contributed by atoms with E-state index in [9.17, 15) is 4.79 Å². The van der Waals surface area contributed by atoms with Crippen molar-refractivity contribution in [2.45, 2.75) is 23.3 Å². The number of carboxylic acid groups (broad SMARTS) is 1. The van der Waals surface area contributed by atoms with Gasteiger partial charge < -0.3 is 14.3 Å². The van der Waals surface area contributed by atoms with Crippen LogP contribution in [0, 0.1) is 0 Å². The molecule has 0 amide bonds. The zero-order valence-corrected chi connectivity index (χ0v) is 11.0. The van der Waals surface area contributed by atoms with E-state index in [1.165, 1.54) is 12.1 Å². The number of nitrogens with zero attached hydrogens (tertiary/aromatic N) is 1. The van der Waals surface area contributed by atoms with Crippen molar-refractivity contribution in [2.75, 3.05) is 13.2 Å². The van der Waals surface area contributed by atoms with Crippen molar-refractivity contribution in [3.8, 4) is 0 Å². The van der Waals surface area contributed by atoms with E-state index >= 15 is 0 Å². The summed E-state index contributed by atoms with van der Waals surface area (Å²) in [6.07, 6.45) is 1.98. The fourth-order valence-electron chi connectivity index (χ4n) is 2.02. The van der Waals surface area contributed by atoms with Crippen LogP contribution in [0.15, 0.2) is 27.8 Å². The van der Waals surface area contributed by atoms with Gasteiger partial charge in [0.25, 0.3) is 5.22 Å². The van der Waals surface area contributed by atoms with Crippen molar-refractivity contribution in [2.24, 2.45) is 0 Å². The van der Waals surface area contributed by atoms with Crippen molar-refractivity contribution in [3.63, 3.8) is 0 Å². The van der Waals surface area contributed by atoms with Gasteiger partial charge in [-0.05, 0) is 31.0 Å². The smallest absolute Gasteiger partial charge is 0.335 e. The second kappa shape index (κ2) is 5.22. The standard InChI is InChI=1S/C13H13NO4S/c15-12(16)8-1-2-10-11(7-8)18-13(14-10)19-9-3-5-17-6-4-9/h1-2,7,9H,3-6H2,(H,15,16). The van der Waals surface area contributed by atoms with Crippen molar-refractivity contribution in [1.82, 2.24) is 4.98 Å². The third-order valence-electron chi connectivity index (χ3n) is 3.05. The van der Waals surface area contributed by atoms with Crippen molar-refractivity contribution >= 4 is 28.8 Å². The molecule has 1 N–H and O–H groups in total. The SMILES string of the molecule is O=C(O)c1ccc2nc(SC3CCOCC3)oc2c1. The Bertz CT molecular complexity index is 604. The first kappa shape index (κ1) is 12.5. The predicted molar refractivity (Wildman–Crippen MR) is 70.7 cm³/mol. The first-order valence-electron chi connectivity index (χ1n) is 6.10. The summed E-state index contributed by atoms with van der Waals surface area (Å²) in [7, 11) is 0. The molecule has 1 aliphatic heterocycles. The van der Waals surface area contributed by atoms with Crippen LogP contribution in [0.4, 0.5) is 0 Å². The van der Waals surface area contributed by atoms with E-state index in [0.29, 0.717) is 21.6 Å². The largest absolute Gasteiger partial charge is 0.478 e. The van der Waals surface area contributed by atoms with Gasteiger partial charge in [-0.2, -0.15) is 0 Å². The molecule has 5 nitrogen and oxygen atoms in total. The van der Waals surface area contributed by atoms with Crippen LogP contribution in [0.3, 0.4) is 0 Å². The third kappa shape index (κ3) is 2.74. The molecule has 1 aliphatic rings. The highest BCUT2D eigenvalue weighted by molar-refractivity contribution is 7.99. The molecular weight excluding hydrogens is 266 g/mol. The van der Waals surface area contributed by atoms with E-state index < -0.39 is 5.97 Å². The molecule has 0 saturated carbocycles. The molecule has 19 heavy (non-hydrogen) atoms. The Hall–Kier alpha value is -1.53. The topological polar surface area (TPSA) is 72.6 Å². The maximum atomic E-state index is 10.9. The van der Waals surface area contributed by atoms with Crippen molar-refractivity contribution in [3.05, 3.63) is 23.8 Å². The Morgan fingerprint density at radius 3 is 2.89 bits per heavy atom. The summed E-state index contributed by atoms with van der Waals surface area (Å²) in [4.78, 5) is 15.3. The van der Waals surface area contributed by atoms with Crippen LogP contribution in [0.1, 0.15) is 23.2 Å². The van der Waals surface area contributed by atoms with Gasteiger partial charge in [-0.25, -0.2) is 9.78 Å². The normalized spacial score (nSPS) is 16.8. The van der Waals surface area contributed by atoms with Crippen LogP contribution in [-0.2, 0) is 4.74 Å². The third-order valence-corrected chi connectivity index (χ3v) is 4.23. The van der Waals surface area contributed by atoms with Crippen LogP contribution in [0.5, 0.6) is 0 Å². The molecule has 1 saturated heterocycles. The molecule has 0 spiro atoms. The molecule has 6 heteroatoms. The molecule has 100 valence electrons. The van der Waals surface area contributed by atoms with Gasteiger partial charge in [0.2, 0.25) is 0 Å². The quantitative estimate of drug-likeness (QED) is 0.931. The summed E-state index contributed by atoms with van der Waals surface area (Å²) >= 11 is 1.60. The van der Waals surface area contributed by atoms with Crippen LogP contribution in [0.25, 0.3) is 11.1 Å². The molecule has 3 rings (SSSR count). The molecular formula is C13H13NO4S. The van der Waals surface area contributed by atoms with E-state index in [0.717, 1.165) is 26.1 Å². The van der Waals surface area contributed by atoms with Crippen LogP contribution >= 0.6 is 11.8 Å². The first-order valence-corrected chi connectivity index (χ1v) is 6.98. The number of fused-ring (bicyclic) bond motifs is 1. The Labute approximate surface area is 114 Å². The molecule has 1 aromatic carbocycles. The lowest BCUT2D eigenvalue weighted by atomic mass is 10.2. The highest BCUT2D eigenvalue weighted by Gasteiger charge is 2.18. The summed E-state index contributed by atoms with van der Waals surface area (Å²) < 4.78 is 10.9. The fourth-order valence-corrected chi connectivity index (χ4v) is 3.03. The lowest BCUT2D eigenvalue weighted by Gasteiger charge is -2.19. The summed E-state index contributed by atoms with van der Waals surface area (Å²) in [5, 5.41) is 9.99. The van der Waals surface area contributed by atoms with Crippen molar-refractivity contribution in [1.29, 1.82) is 0 Å². The van der Waals surface area contributed by atoms with E-state index in [-0.39, 0.29) is 5.56 Å². The number of aromatic carboxylic acids is 1. The zero-order valence-electron chi connectivity index (χ0n) is 10.2. The molecule has 1 fully saturated rings. The molecule has 0 bridgehead atoms. The summed E-state index contributed by atoms with van der Waals surface area (Å²) in [5.74, 6) is -0.961. The Morgan fingerprint density at radius 2 is 2.16 bits per heavy atom. The number of carboxylic acids is 1. The van der Waals surface area contributed by atoms with E-state index in [4.69, 9.17) is 14.3 Å². The summed E-state index contributed by atoms with van der Waals surface area (Å²) in [6.45, 7) is 1.56. The predicted octanol–water partition coefficient (Wildman–Crippen LogP) is 2.80.